The molecule has 0 saturated heterocycles. The van der Waals surface area contributed by atoms with Gasteiger partial charge in [-0.25, -0.2) is 0 Å². The molecule has 1 unspecified atom stereocenters. The Kier molecular flexibility index (Phi) is 9.57. The molecule has 0 aromatic heterocycles. The zero-order chi connectivity index (χ0) is 37.8. The Balaban J connectivity index is 0.992. The summed E-state index contributed by atoms with van der Waals surface area (Å²) in [7, 11) is 0. The molecule has 0 amide bonds. The average Bonchev–Trinajstić information content (AvgIpc) is 3.27. The molecule has 1 aliphatic rings. The molecule has 0 bridgehead atoms. The maximum atomic E-state index is 6.56. The fourth-order valence-electron chi connectivity index (χ4n) is 7.90. The minimum absolute atomic E-state index is 0.377. The number of hydrogen-bond donors (Lipinski definition) is 0. The molecule has 0 aliphatic heterocycles. The van der Waals surface area contributed by atoms with Gasteiger partial charge in [-0.3, -0.25) is 4.99 Å². The molecule has 8 aromatic carbocycles. The highest BCUT2D eigenvalue weighted by Gasteiger charge is 2.26. The highest BCUT2D eigenvalue weighted by atomic mass is 16.5. The van der Waals surface area contributed by atoms with Crippen molar-refractivity contribution in [3.05, 3.63) is 216 Å². The first-order valence-electron chi connectivity index (χ1n) is 19.3. The number of allylic oxidation sites excluding steroid dienone is 1. The van der Waals surface area contributed by atoms with Crippen LogP contribution >= 0.6 is 0 Å². The van der Waals surface area contributed by atoms with E-state index < -0.39 is 0 Å². The molecule has 0 saturated carbocycles. The number of benzene rings is 8. The van der Waals surface area contributed by atoms with Crippen LogP contribution in [0.3, 0.4) is 0 Å². The number of para-hydroxylation sites is 1. The van der Waals surface area contributed by atoms with E-state index in [0.29, 0.717) is 12.5 Å². The SMILES string of the molecule is C=Nc1ccc2c(c1OCc1ccccc1)C(c1ccc(-c3ccc(N(c4ccccc4)c4ccc(-c5ccc6ccccc6c5)cc4)cc3)cc1)=CCC2C. The van der Waals surface area contributed by atoms with Gasteiger partial charge in [0.1, 0.15) is 12.3 Å². The van der Waals surface area contributed by atoms with Crippen molar-refractivity contribution in [2.24, 2.45) is 4.99 Å². The standard InChI is InChI=1S/C53H42N2O/c1-37-17-32-50(52-49(37)33-34-51(54-2)53(52)56-36-38-11-5-3-6-12-38)43-21-18-40(19-22-43)41-24-28-47(29-25-41)55(46-15-7-4-8-16-46)48-30-26-42(27-31-48)45-23-20-39-13-9-10-14-44(39)35-45/h3-16,18-35,37H,2,17,36H2,1H3. The molecule has 0 radical (unpaired) electrons. The molecule has 9 rings (SSSR count). The van der Waals surface area contributed by atoms with Crippen molar-refractivity contribution in [1.29, 1.82) is 0 Å². The van der Waals surface area contributed by atoms with Gasteiger partial charge in [-0.05, 0) is 123 Å². The second-order valence-electron chi connectivity index (χ2n) is 14.5. The fourth-order valence-corrected chi connectivity index (χ4v) is 7.90. The van der Waals surface area contributed by atoms with E-state index >= 15 is 0 Å². The number of anilines is 3. The quantitative estimate of drug-likeness (QED) is 0.131. The molecule has 56 heavy (non-hydrogen) atoms. The molecule has 0 fully saturated rings. The predicted molar refractivity (Wildman–Crippen MR) is 236 cm³/mol. The molecular formula is C53H42N2O. The summed E-state index contributed by atoms with van der Waals surface area (Å²) >= 11 is 0. The molecular weight excluding hydrogens is 681 g/mol. The lowest BCUT2D eigenvalue weighted by molar-refractivity contribution is 0.306. The molecule has 270 valence electrons. The van der Waals surface area contributed by atoms with Gasteiger partial charge in [0.15, 0.2) is 5.75 Å². The van der Waals surface area contributed by atoms with E-state index in [1.807, 2.05) is 24.3 Å². The Morgan fingerprint density at radius 3 is 1.75 bits per heavy atom. The van der Waals surface area contributed by atoms with Gasteiger partial charge in [-0.2, -0.15) is 0 Å². The van der Waals surface area contributed by atoms with Crippen LogP contribution in [-0.2, 0) is 6.61 Å². The zero-order valence-electron chi connectivity index (χ0n) is 31.5. The van der Waals surface area contributed by atoms with E-state index in [4.69, 9.17) is 4.74 Å². The van der Waals surface area contributed by atoms with Crippen molar-refractivity contribution in [2.45, 2.75) is 25.9 Å². The number of nitrogens with zero attached hydrogens (tertiary/aromatic N) is 2. The van der Waals surface area contributed by atoms with Crippen LogP contribution in [0.4, 0.5) is 22.7 Å². The number of fused-ring (bicyclic) bond motifs is 2. The number of ether oxygens (including phenoxy) is 1. The van der Waals surface area contributed by atoms with Gasteiger partial charge in [0, 0.05) is 22.6 Å². The monoisotopic (exact) mass is 722 g/mol. The van der Waals surface area contributed by atoms with E-state index in [0.717, 1.165) is 57.2 Å². The van der Waals surface area contributed by atoms with Gasteiger partial charge in [-0.1, -0.05) is 153 Å². The Bertz CT molecular complexity index is 2660. The summed E-state index contributed by atoms with van der Waals surface area (Å²) in [6.45, 7) is 6.63. The van der Waals surface area contributed by atoms with E-state index in [1.165, 1.54) is 38.6 Å². The second kappa shape index (κ2) is 15.4. The molecule has 3 heteroatoms. The lowest BCUT2D eigenvalue weighted by Crippen LogP contribution is -2.09. The minimum Gasteiger partial charge on any atom is -0.486 e. The maximum absolute atomic E-state index is 6.56. The van der Waals surface area contributed by atoms with Crippen LogP contribution < -0.4 is 9.64 Å². The predicted octanol–water partition coefficient (Wildman–Crippen LogP) is 14.5. The molecule has 0 N–H and O–H groups in total. The van der Waals surface area contributed by atoms with Crippen LogP contribution in [0.5, 0.6) is 5.75 Å². The van der Waals surface area contributed by atoms with Crippen molar-refractivity contribution >= 4 is 45.8 Å². The van der Waals surface area contributed by atoms with Crippen molar-refractivity contribution < 1.29 is 4.74 Å². The van der Waals surface area contributed by atoms with E-state index in [9.17, 15) is 0 Å². The number of aliphatic imine (C=N–C) groups is 1. The number of rotatable bonds is 10. The van der Waals surface area contributed by atoms with Crippen molar-refractivity contribution in [3.63, 3.8) is 0 Å². The smallest absolute Gasteiger partial charge is 0.153 e. The van der Waals surface area contributed by atoms with Crippen molar-refractivity contribution in [1.82, 2.24) is 0 Å². The van der Waals surface area contributed by atoms with E-state index in [1.54, 1.807) is 0 Å². The Morgan fingerprint density at radius 2 is 1.09 bits per heavy atom. The molecule has 8 aromatic rings. The number of hydrogen-bond acceptors (Lipinski definition) is 3. The third-order valence-electron chi connectivity index (χ3n) is 10.9. The first-order valence-corrected chi connectivity index (χ1v) is 19.3. The normalized spacial score (nSPS) is 13.4. The molecule has 3 nitrogen and oxygen atoms in total. The van der Waals surface area contributed by atoms with Gasteiger partial charge in [-0.15, -0.1) is 0 Å². The zero-order valence-corrected chi connectivity index (χ0v) is 31.5. The van der Waals surface area contributed by atoms with Crippen LogP contribution in [0.15, 0.2) is 199 Å². The summed E-state index contributed by atoms with van der Waals surface area (Å²) in [5.74, 6) is 1.17. The van der Waals surface area contributed by atoms with Crippen molar-refractivity contribution in [2.75, 3.05) is 4.90 Å². The van der Waals surface area contributed by atoms with Crippen LogP contribution in [0.2, 0.25) is 0 Å². The molecule has 0 spiro atoms. The van der Waals surface area contributed by atoms with Gasteiger partial charge in [0.25, 0.3) is 0 Å². The average molecular weight is 723 g/mol. The molecule has 1 aliphatic carbocycles. The minimum atomic E-state index is 0.377. The van der Waals surface area contributed by atoms with Gasteiger partial charge in [0.2, 0.25) is 0 Å². The lowest BCUT2D eigenvalue weighted by Gasteiger charge is -2.27. The second-order valence-corrected chi connectivity index (χ2v) is 14.5. The first-order chi connectivity index (χ1) is 27.6. The summed E-state index contributed by atoms with van der Waals surface area (Å²) in [6.07, 6.45) is 3.32. The molecule has 0 heterocycles. The summed E-state index contributed by atoms with van der Waals surface area (Å²) < 4.78 is 6.56. The van der Waals surface area contributed by atoms with Gasteiger partial charge >= 0.3 is 0 Å². The summed E-state index contributed by atoms with van der Waals surface area (Å²) in [5.41, 5.74) is 14.7. The third-order valence-corrected chi connectivity index (χ3v) is 10.9. The third kappa shape index (κ3) is 6.92. The Labute approximate surface area is 329 Å². The Morgan fingerprint density at radius 1 is 0.554 bits per heavy atom. The van der Waals surface area contributed by atoms with Gasteiger partial charge in [0.05, 0.1) is 0 Å². The summed E-state index contributed by atoms with van der Waals surface area (Å²) in [5, 5.41) is 2.50. The van der Waals surface area contributed by atoms with Crippen LogP contribution in [-0.4, -0.2) is 6.72 Å². The first kappa shape index (κ1) is 34.8. The lowest BCUT2D eigenvalue weighted by atomic mass is 9.80. The topological polar surface area (TPSA) is 24.8 Å². The summed E-state index contributed by atoms with van der Waals surface area (Å²) in [4.78, 5) is 6.69. The summed E-state index contributed by atoms with van der Waals surface area (Å²) in [6, 6.07) is 67.0. The van der Waals surface area contributed by atoms with E-state index in [-0.39, 0.29) is 0 Å². The highest BCUT2D eigenvalue weighted by molar-refractivity contribution is 5.90. The Hall–Kier alpha value is -6.97. The van der Waals surface area contributed by atoms with Crippen LogP contribution in [0.25, 0.3) is 38.6 Å². The molecule has 1 atom stereocenters. The van der Waals surface area contributed by atoms with E-state index in [2.05, 4.69) is 193 Å². The van der Waals surface area contributed by atoms with Crippen molar-refractivity contribution in [3.8, 4) is 28.0 Å². The van der Waals surface area contributed by atoms with Gasteiger partial charge < -0.3 is 9.64 Å². The highest BCUT2D eigenvalue weighted by Crippen LogP contribution is 2.47. The fraction of sp³-hybridized carbons (Fsp3) is 0.0755. The van der Waals surface area contributed by atoms with Crippen LogP contribution in [0.1, 0.15) is 41.5 Å². The van der Waals surface area contributed by atoms with Crippen LogP contribution in [0, 0.1) is 0 Å². The largest absolute Gasteiger partial charge is 0.486 e. The maximum Gasteiger partial charge on any atom is 0.153 e.